The van der Waals surface area contributed by atoms with Gasteiger partial charge in [0.2, 0.25) is 76.8 Å². The number of imidazole rings is 1. The predicted octanol–water partition coefficient (Wildman–Crippen LogP) is 1.09. The van der Waals surface area contributed by atoms with E-state index < -0.39 is 210 Å². The van der Waals surface area contributed by atoms with Crippen molar-refractivity contribution in [3.05, 3.63) is 120 Å². The number of nitrogens with two attached hydrogens (primary N) is 1. The number of aliphatic carboxylic acids is 2. The Hall–Kier alpha value is -11.1. The van der Waals surface area contributed by atoms with E-state index in [4.69, 9.17) is 5.73 Å². The minimum atomic E-state index is -1.66. The summed E-state index contributed by atoms with van der Waals surface area (Å²) >= 11 is 0. The average molecular weight is 1650 g/mol. The summed E-state index contributed by atoms with van der Waals surface area (Å²) in [7, 11) is 1.77. The number of nitrogens with zero attached hydrogens (tertiary/aromatic N) is 1. The minimum absolute atomic E-state index is 0.0335. The van der Waals surface area contributed by atoms with Gasteiger partial charge < -0.3 is 100 Å². The van der Waals surface area contributed by atoms with Crippen LogP contribution in [0.1, 0.15) is 136 Å². The number of fused-ring (bicyclic) bond motifs is 1. The van der Waals surface area contributed by atoms with Crippen LogP contribution in [0.2, 0.25) is 0 Å². The first-order chi connectivity index (χ1) is 55.2. The molecular formula is C79H111N17O18S2. The molecule has 0 unspecified atom stereocenters. The summed E-state index contributed by atoms with van der Waals surface area (Å²) in [5, 5.41) is 65.6. The molecule has 35 nitrogen and oxygen atoms in total. The second-order valence-electron chi connectivity index (χ2n) is 29.6. The van der Waals surface area contributed by atoms with Crippen LogP contribution in [-0.2, 0) is 97.6 Å². The van der Waals surface area contributed by atoms with Crippen molar-refractivity contribution in [3.63, 3.8) is 0 Å². The van der Waals surface area contributed by atoms with Crippen molar-refractivity contribution < 1.29 is 87.2 Å². The van der Waals surface area contributed by atoms with E-state index in [1.54, 1.807) is 98.0 Å². The third-order valence-corrected chi connectivity index (χ3v) is 22.0. The topological polar surface area (TPSA) is 544 Å². The summed E-state index contributed by atoms with van der Waals surface area (Å²) in [5.41, 5.74) is 8.30. The molecule has 0 aliphatic carbocycles. The van der Waals surface area contributed by atoms with Gasteiger partial charge in [0.25, 0.3) is 0 Å². The van der Waals surface area contributed by atoms with Gasteiger partial charge in [0.05, 0.1) is 18.6 Å². The molecule has 116 heavy (non-hydrogen) atoms. The van der Waals surface area contributed by atoms with Crippen LogP contribution in [0, 0.1) is 23.7 Å². The van der Waals surface area contributed by atoms with Crippen LogP contribution in [0.3, 0.4) is 0 Å². The highest BCUT2D eigenvalue weighted by Gasteiger charge is 2.40. The van der Waals surface area contributed by atoms with Crippen molar-refractivity contribution in [1.29, 1.82) is 0 Å². The summed E-state index contributed by atoms with van der Waals surface area (Å²) in [5.74, 6) is -17.0. The molecule has 20 N–H and O–H groups in total. The molecule has 632 valence electrons. The lowest BCUT2D eigenvalue weighted by Crippen LogP contribution is -2.62. The highest BCUT2D eigenvalue weighted by atomic mass is 33.1. The first-order valence-corrected chi connectivity index (χ1v) is 41.3. The Morgan fingerprint density at radius 3 is 1.78 bits per heavy atom. The maximum absolute atomic E-state index is 15.3. The van der Waals surface area contributed by atoms with E-state index >= 15 is 9.59 Å². The van der Waals surface area contributed by atoms with Gasteiger partial charge in [-0.15, -0.1) is 0 Å². The monoisotopic (exact) mass is 1650 g/mol. The zero-order valence-corrected chi connectivity index (χ0v) is 68.2. The first-order valence-electron chi connectivity index (χ1n) is 38.8. The van der Waals surface area contributed by atoms with Gasteiger partial charge in [0.15, 0.2) is 0 Å². The standard InChI is InChI=1S/C79H111N17O18S2/c1-10-44(7)66(78(112)96-67(45(8)11-2)77(111)91-60(79(113)114)34-49-36-82-53-22-16-15-21-52(49)53)94-63(99)38-83-68(102)56(31-42(3)4)87-73(107)59(35-50-37-81-41-84-50)89-74(108)61-39-115-116-40-62(92-70(104)55(28-29-64(100)101)86-69(103)54(85-46(9)97)23-17-18-30-80)75(109)95-65(43(5)6)76(110)90-58(33-48-24-26-51(98)27-25-48)71(105)88-57(72(106)93-61)32-47-19-13-12-14-20-47/h12-16,19-22,24-27,36-37,41-45,54-62,65-67,82,98H,10-11,17-18,23,28-35,38-40,80H2,1-9H3,(H,81,84)(H,83,102)(H,85,97)(H,86,103)(H,87,107)(H,88,105)(H,89,108)(H,90,110)(H,91,111)(H,92,104)(H,93,106)(H,94,99)(H,95,109)(H,96,112)(H,100,101)(H,113,114)/t44-,45-,54-,55-,56-,57-,58-,59-,60-,61-,62-,65-,66-,67-/m0/s1. The zero-order chi connectivity index (χ0) is 85.3. The number of aromatic amines is 2. The van der Waals surface area contributed by atoms with Crippen LogP contribution in [0.25, 0.3) is 10.9 Å². The van der Waals surface area contributed by atoms with E-state index in [0.717, 1.165) is 32.5 Å². The van der Waals surface area contributed by atoms with E-state index in [2.05, 4.69) is 84.1 Å². The number of carbonyl (C=O) groups is 15. The van der Waals surface area contributed by atoms with Crippen LogP contribution in [0.15, 0.2) is 97.6 Å². The number of rotatable bonds is 40. The summed E-state index contributed by atoms with van der Waals surface area (Å²) in [4.78, 5) is 222. The van der Waals surface area contributed by atoms with Gasteiger partial charge in [-0.05, 0) is 97.2 Å². The quantitative estimate of drug-likeness (QED) is 0.0193. The van der Waals surface area contributed by atoms with Gasteiger partial charge in [-0.3, -0.25) is 67.1 Å². The Bertz CT molecular complexity index is 4170. The molecule has 6 rings (SSSR count). The zero-order valence-electron chi connectivity index (χ0n) is 66.6. The van der Waals surface area contributed by atoms with Gasteiger partial charge in [0.1, 0.15) is 78.3 Å². The molecule has 2 aromatic heterocycles. The molecule has 37 heteroatoms. The number of para-hydroxylation sites is 1. The lowest BCUT2D eigenvalue weighted by atomic mass is 9.94. The minimum Gasteiger partial charge on any atom is -0.508 e. The molecule has 1 aliphatic heterocycles. The predicted molar refractivity (Wildman–Crippen MR) is 434 cm³/mol. The van der Waals surface area contributed by atoms with E-state index in [-0.39, 0.29) is 62.4 Å². The van der Waals surface area contributed by atoms with E-state index in [1.807, 2.05) is 18.2 Å². The maximum atomic E-state index is 15.3. The number of benzene rings is 3. The number of carbonyl (C=O) groups excluding carboxylic acids is 13. The molecule has 0 spiro atoms. The number of hydrogen-bond donors (Lipinski definition) is 19. The van der Waals surface area contributed by atoms with Gasteiger partial charge in [-0.1, -0.05) is 150 Å². The number of carboxylic acids is 2. The van der Waals surface area contributed by atoms with Crippen LogP contribution < -0.4 is 74.9 Å². The third kappa shape index (κ3) is 30.3. The molecule has 3 aromatic carbocycles. The van der Waals surface area contributed by atoms with Gasteiger partial charge in [0, 0.05) is 73.8 Å². The molecule has 0 bridgehead atoms. The summed E-state index contributed by atoms with van der Waals surface area (Å²) in [6.45, 7) is 14.4. The Morgan fingerprint density at radius 1 is 0.578 bits per heavy atom. The molecule has 1 saturated heterocycles. The molecule has 1 aliphatic rings. The number of phenolic OH excluding ortho intramolecular Hbond substituents is 1. The van der Waals surface area contributed by atoms with E-state index in [0.29, 0.717) is 42.4 Å². The van der Waals surface area contributed by atoms with Crippen molar-refractivity contribution in [3.8, 4) is 5.75 Å². The Morgan fingerprint density at radius 2 is 1.16 bits per heavy atom. The van der Waals surface area contributed by atoms with E-state index in [1.165, 1.54) is 43.7 Å². The van der Waals surface area contributed by atoms with E-state index in [9.17, 15) is 77.6 Å². The second kappa shape index (κ2) is 47.1. The number of hydrogen-bond acceptors (Lipinski definition) is 20. The molecule has 3 heterocycles. The smallest absolute Gasteiger partial charge is 0.326 e. The largest absolute Gasteiger partial charge is 0.508 e. The number of unbranched alkanes of at least 4 members (excludes halogenated alkanes) is 1. The van der Waals surface area contributed by atoms with Crippen LogP contribution in [0.4, 0.5) is 0 Å². The average Bonchev–Trinajstić information content (AvgIpc) is 1.68. The first kappa shape index (κ1) is 93.8. The fourth-order valence-corrected chi connectivity index (χ4v) is 15.0. The van der Waals surface area contributed by atoms with Crippen LogP contribution in [-0.4, -0.2) is 216 Å². The van der Waals surface area contributed by atoms with Gasteiger partial charge in [-0.25, -0.2) is 9.78 Å². The highest BCUT2D eigenvalue weighted by Crippen LogP contribution is 2.26. The number of carboxylic acid groups (broad SMARTS) is 2. The van der Waals surface area contributed by atoms with Gasteiger partial charge >= 0.3 is 11.9 Å². The van der Waals surface area contributed by atoms with Crippen molar-refractivity contribution >= 4 is 121 Å². The SMILES string of the molecule is CC[C@H](C)[C@H](NC(=O)CNC(=O)[C@H](CC(C)C)NC(=O)[C@H](Cc1c[nH]cn1)NC(=O)[C@@H]1CSSC[C@H](NC(=O)[C@H](CCC(=O)O)NC(=O)[C@H](CCCCN)NC(C)=O)C(=O)N[C@@H](C(C)C)C(=O)N[C@@H](Cc2ccc(O)cc2)C(=O)N[C@@H](Cc2ccccc2)C(=O)N1)C(=O)N[C@H](C(=O)N[C@@H](Cc1c[nH]c2ccccc12)C(=O)O)[C@@H](C)CC. The number of aromatic hydroxyl groups is 1. The lowest BCUT2D eigenvalue weighted by Gasteiger charge is -2.29. The Labute approximate surface area is 680 Å². The molecular weight excluding hydrogens is 1540 g/mol. The summed E-state index contributed by atoms with van der Waals surface area (Å²) in [6, 6.07) is 3.95. The van der Waals surface area contributed by atoms with Crippen molar-refractivity contribution in [2.75, 3.05) is 24.6 Å². The molecule has 0 saturated carbocycles. The molecule has 14 atom stereocenters. The van der Waals surface area contributed by atoms with Crippen LogP contribution >= 0.6 is 21.6 Å². The summed E-state index contributed by atoms with van der Waals surface area (Å²) in [6.07, 6.45) is 4.05. The summed E-state index contributed by atoms with van der Waals surface area (Å²) < 4.78 is 0. The second-order valence-corrected chi connectivity index (χ2v) is 32.2. The normalized spacial score (nSPS) is 18.7. The third-order valence-electron chi connectivity index (χ3n) is 19.6. The van der Waals surface area contributed by atoms with Crippen molar-refractivity contribution in [2.45, 2.75) is 212 Å². The molecule has 13 amide bonds. The van der Waals surface area contributed by atoms with Crippen LogP contribution in [0.5, 0.6) is 5.75 Å². The number of phenols is 1. The number of amides is 13. The maximum Gasteiger partial charge on any atom is 0.326 e. The van der Waals surface area contributed by atoms with Crippen molar-refractivity contribution in [2.24, 2.45) is 29.4 Å². The Kier molecular flexibility index (Phi) is 38.1. The van der Waals surface area contributed by atoms with Crippen molar-refractivity contribution in [1.82, 2.24) is 84.1 Å². The fourth-order valence-electron chi connectivity index (χ4n) is 12.6. The Balaban J connectivity index is 1.29. The number of H-pyrrole nitrogens is 2. The molecule has 1 fully saturated rings. The number of aromatic nitrogens is 3. The lowest BCUT2D eigenvalue weighted by molar-refractivity contribution is -0.142. The highest BCUT2D eigenvalue weighted by molar-refractivity contribution is 8.76. The molecule has 5 aromatic rings. The number of nitrogens with one attached hydrogen (secondary N) is 15. The fraction of sp³-hybridized carbons (Fsp3) is 0.519. The molecule has 0 radical (unpaired) electrons. The van der Waals surface area contributed by atoms with Gasteiger partial charge in [-0.2, -0.15) is 0 Å².